The first-order valence-corrected chi connectivity index (χ1v) is 8.43. The van der Waals surface area contributed by atoms with Gasteiger partial charge in [-0.1, -0.05) is 5.16 Å². The minimum Gasteiger partial charge on any atom is -0.353 e. The second-order valence-corrected chi connectivity index (χ2v) is 6.13. The Labute approximate surface area is 154 Å². The molecule has 2 amide bonds. The van der Waals surface area contributed by atoms with Crippen LogP contribution in [0.15, 0.2) is 41.3 Å². The molecule has 0 radical (unpaired) electrons. The van der Waals surface area contributed by atoms with Crippen molar-refractivity contribution >= 4 is 11.8 Å². The molecular weight excluding hydrogens is 350 g/mol. The van der Waals surface area contributed by atoms with Gasteiger partial charge in [0.25, 0.3) is 5.91 Å². The molecule has 1 saturated heterocycles. The van der Waals surface area contributed by atoms with Gasteiger partial charge in [0, 0.05) is 44.3 Å². The number of nitrogens with zero attached hydrogens (tertiary/aromatic N) is 6. The molecular formula is C17H17N7O3. The number of amides is 2. The van der Waals surface area contributed by atoms with Gasteiger partial charge in [0.2, 0.25) is 17.6 Å². The first-order valence-electron chi connectivity index (χ1n) is 8.43. The molecule has 1 aliphatic rings. The number of aryl methyl sites for hydroxylation is 1. The normalized spacial score (nSPS) is 17.0. The number of carbonyl (C=O) groups excluding carboxylic acids is 2. The molecule has 0 spiro atoms. The number of carbonyl (C=O) groups is 2. The Morgan fingerprint density at radius 1 is 1.33 bits per heavy atom. The third kappa shape index (κ3) is 3.41. The molecule has 0 saturated carbocycles. The van der Waals surface area contributed by atoms with Gasteiger partial charge in [-0.25, -0.2) is 0 Å². The molecule has 10 nitrogen and oxygen atoms in total. The summed E-state index contributed by atoms with van der Waals surface area (Å²) in [7, 11) is 1.73. The van der Waals surface area contributed by atoms with Crippen LogP contribution in [-0.4, -0.2) is 60.8 Å². The Bertz CT molecular complexity index is 966. The molecule has 3 aromatic rings. The van der Waals surface area contributed by atoms with Gasteiger partial charge in [-0.2, -0.15) is 10.1 Å². The van der Waals surface area contributed by atoms with Crippen LogP contribution in [0.25, 0.3) is 11.4 Å². The van der Waals surface area contributed by atoms with Crippen LogP contribution in [0.1, 0.15) is 16.4 Å². The highest BCUT2D eigenvalue weighted by atomic mass is 16.5. The summed E-state index contributed by atoms with van der Waals surface area (Å²) in [6, 6.07) is 4.41. The highest BCUT2D eigenvalue weighted by Crippen LogP contribution is 2.18. The molecule has 10 heteroatoms. The van der Waals surface area contributed by atoms with Gasteiger partial charge in [-0.05, 0) is 18.2 Å². The summed E-state index contributed by atoms with van der Waals surface area (Å²) in [6.45, 7) is 0.775. The lowest BCUT2D eigenvalue weighted by Crippen LogP contribution is -2.58. The Balaban J connectivity index is 1.56. The van der Waals surface area contributed by atoms with Gasteiger partial charge in [0.1, 0.15) is 11.7 Å². The van der Waals surface area contributed by atoms with Crippen molar-refractivity contribution < 1.29 is 14.1 Å². The Hall–Kier alpha value is -3.56. The second-order valence-electron chi connectivity index (χ2n) is 6.13. The molecule has 0 bridgehead atoms. The van der Waals surface area contributed by atoms with Crippen LogP contribution in [0.5, 0.6) is 0 Å². The third-order valence-electron chi connectivity index (χ3n) is 4.30. The van der Waals surface area contributed by atoms with Crippen molar-refractivity contribution in [3.8, 4) is 11.4 Å². The van der Waals surface area contributed by atoms with E-state index in [0.29, 0.717) is 24.6 Å². The molecule has 1 unspecified atom stereocenters. The minimum atomic E-state index is -0.737. The fourth-order valence-electron chi connectivity index (χ4n) is 2.96. The van der Waals surface area contributed by atoms with E-state index in [1.54, 1.807) is 48.5 Å². The molecule has 1 atom stereocenters. The average molecular weight is 367 g/mol. The van der Waals surface area contributed by atoms with Crippen LogP contribution in [0, 0.1) is 0 Å². The zero-order valence-electron chi connectivity index (χ0n) is 14.6. The van der Waals surface area contributed by atoms with E-state index in [1.807, 2.05) is 0 Å². The maximum atomic E-state index is 12.8. The van der Waals surface area contributed by atoms with Crippen LogP contribution in [-0.2, 0) is 18.3 Å². The Morgan fingerprint density at radius 3 is 2.89 bits per heavy atom. The predicted molar refractivity (Wildman–Crippen MR) is 92.3 cm³/mol. The van der Waals surface area contributed by atoms with Crippen LogP contribution < -0.4 is 5.32 Å². The van der Waals surface area contributed by atoms with Crippen molar-refractivity contribution in [1.29, 1.82) is 0 Å². The topological polar surface area (TPSA) is 119 Å². The quantitative estimate of drug-likeness (QED) is 0.692. The number of nitrogens with one attached hydrogen (secondary N) is 1. The third-order valence-corrected chi connectivity index (χ3v) is 4.30. The number of pyridine rings is 1. The molecule has 0 aliphatic carbocycles. The Kier molecular flexibility index (Phi) is 4.37. The van der Waals surface area contributed by atoms with E-state index in [4.69, 9.17) is 4.52 Å². The largest absolute Gasteiger partial charge is 0.353 e. The SMILES string of the molecule is Cn1ccc(C(=O)N2CCNC(=O)C2Cc2nc(-c3ccncc3)no2)n1. The van der Waals surface area contributed by atoms with Gasteiger partial charge in [-0.3, -0.25) is 19.3 Å². The summed E-state index contributed by atoms with van der Waals surface area (Å²) in [6.07, 6.45) is 5.08. The highest BCUT2D eigenvalue weighted by Gasteiger charge is 2.35. The van der Waals surface area contributed by atoms with Crippen LogP contribution in [0.3, 0.4) is 0 Å². The minimum absolute atomic E-state index is 0.127. The van der Waals surface area contributed by atoms with E-state index in [-0.39, 0.29) is 24.1 Å². The van der Waals surface area contributed by atoms with Gasteiger partial charge in [0.15, 0.2) is 0 Å². The zero-order chi connectivity index (χ0) is 18.8. The standard InChI is InChI=1S/C17H17N7O3/c1-23-8-4-12(21-23)17(26)24-9-7-19-16(25)13(24)10-14-20-15(22-27-14)11-2-5-18-6-3-11/h2-6,8,13H,7,9-10H2,1H3,(H,19,25). The molecule has 1 N–H and O–H groups in total. The van der Waals surface area contributed by atoms with E-state index in [1.165, 1.54) is 4.90 Å². The number of hydrogen-bond acceptors (Lipinski definition) is 7. The zero-order valence-corrected chi connectivity index (χ0v) is 14.6. The number of rotatable bonds is 4. The van der Waals surface area contributed by atoms with Crippen molar-refractivity contribution in [1.82, 2.24) is 35.1 Å². The second kappa shape index (κ2) is 6.98. The van der Waals surface area contributed by atoms with Crippen LogP contribution >= 0.6 is 0 Å². The molecule has 138 valence electrons. The molecule has 3 aromatic heterocycles. The summed E-state index contributed by atoms with van der Waals surface area (Å²) in [5.41, 5.74) is 1.05. The summed E-state index contributed by atoms with van der Waals surface area (Å²) in [4.78, 5) is 35.0. The van der Waals surface area contributed by atoms with Crippen LogP contribution in [0.4, 0.5) is 0 Å². The highest BCUT2D eigenvalue weighted by molar-refractivity contribution is 5.96. The van der Waals surface area contributed by atoms with Crippen molar-refractivity contribution in [3.05, 3.63) is 48.4 Å². The van der Waals surface area contributed by atoms with Crippen LogP contribution in [0.2, 0.25) is 0 Å². The van der Waals surface area contributed by atoms with Gasteiger partial charge in [0.05, 0.1) is 6.42 Å². The number of aromatic nitrogens is 5. The summed E-state index contributed by atoms with van der Waals surface area (Å²) in [5, 5.41) is 10.9. The predicted octanol–water partition coefficient (Wildman–Crippen LogP) is 0.0484. The number of hydrogen-bond donors (Lipinski definition) is 1. The smallest absolute Gasteiger partial charge is 0.275 e. The van der Waals surface area contributed by atoms with Gasteiger partial charge < -0.3 is 14.7 Å². The van der Waals surface area contributed by atoms with E-state index >= 15 is 0 Å². The van der Waals surface area contributed by atoms with E-state index in [0.717, 1.165) is 5.56 Å². The Morgan fingerprint density at radius 2 is 2.15 bits per heavy atom. The summed E-state index contributed by atoms with van der Waals surface area (Å²) < 4.78 is 6.84. The van der Waals surface area contributed by atoms with Crippen molar-refractivity contribution in [2.45, 2.75) is 12.5 Å². The lowest BCUT2D eigenvalue weighted by atomic mass is 10.1. The lowest BCUT2D eigenvalue weighted by molar-refractivity contribution is -0.128. The molecule has 0 aromatic carbocycles. The first kappa shape index (κ1) is 16.9. The van der Waals surface area contributed by atoms with Crippen molar-refractivity contribution in [3.63, 3.8) is 0 Å². The molecule has 4 heterocycles. The van der Waals surface area contributed by atoms with Gasteiger partial charge in [-0.15, -0.1) is 0 Å². The summed E-state index contributed by atoms with van der Waals surface area (Å²) in [5.74, 6) is 0.132. The maximum Gasteiger partial charge on any atom is 0.275 e. The fourth-order valence-corrected chi connectivity index (χ4v) is 2.96. The molecule has 27 heavy (non-hydrogen) atoms. The van der Waals surface area contributed by atoms with Gasteiger partial charge >= 0.3 is 0 Å². The maximum absolute atomic E-state index is 12.8. The summed E-state index contributed by atoms with van der Waals surface area (Å²) >= 11 is 0. The van der Waals surface area contributed by atoms with E-state index < -0.39 is 6.04 Å². The van der Waals surface area contributed by atoms with E-state index in [2.05, 4.69) is 25.5 Å². The molecule has 1 aliphatic heterocycles. The average Bonchev–Trinajstić information content (AvgIpc) is 3.33. The monoisotopic (exact) mass is 367 g/mol. The first-order chi connectivity index (χ1) is 13.1. The lowest BCUT2D eigenvalue weighted by Gasteiger charge is -2.33. The molecule has 1 fully saturated rings. The van der Waals surface area contributed by atoms with E-state index in [9.17, 15) is 9.59 Å². The van der Waals surface area contributed by atoms with Crippen molar-refractivity contribution in [2.24, 2.45) is 7.05 Å². The van der Waals surface area contributed by atoms with Crippen molar-refractivity contribution in [2.75, 3.05) is 13.1 Å². The molecule has 4 rings (SSSR count). The number of piperazine rings is 1. The fraction of sp³-hybridized carbons (Fsp3) is 0.294.